The summed E-state index contributed by atoms with van der Waals surface area (Å²) in [7, 11) is 0. The molecule has 0 saturated heterocycles. The average molecular weight is 569 g/mol. The second kappa shape index (κ2) is 12.9. The van der Waals surface area contributed by atoms with E-state index in [1.165, 1.54) is 24.3 Å². The number of carboxylic acid groups (broad SMARTS) is 1. The van der Waals surface area contributed by atoms with Crippen LogP contribution in [0.5, 0.6) is 0 Å². The molecule has 1 heterocycles. The summed E-state index contributed by atoms with van der Waals surface area (Å²) >= 11 is -0.214. The van der Waals surface area contributed by atoms with Gasteiger partial charge in [0.25, 0.3) is 5.91 Å². The Morgan fingerprint density at radius 1 is 1.08 bits per heavy atom. The predicted octanol–water partition coefficient (Wildman–Crippen LogP) is 6.27. The molecule has 214 valence electrons. The highest BCUT2D eigenvalue weighted by atomic mass is 32.2. The first-order valence-corrected chi connectivity index (χ1v) is 13.8. The number of carbonyl (C=O) groups excluding carboxylic acids is 2. The van der Waals surface area contributed by atoms with E-state index < -0.39 is 17.4 Å². The fourth-order valence-electron chi connectivity index (χ4n) is 4.93. The summed E-state index contributed by atoms with van der Waals surface area (Å²) in [6.07, 6.45) is 3.20. The van der Waals surface area contributed by atoms with E-state index in [0.29, 0.717) is 17.2 Å². The van der Waals surface area contributed by atoms with E-state index in [4.69, 9.17) is 9.52 Å². The van der Waals surface area contributed by atoms with Crippen molar-refractivity contribution in [2.45, 2.75) is 82.3 Å². The number of carboxylic acids is 1. The van der Waals surface area contributed by atoms with Gasteiger partial charge in [0.1, 0.15) is 5.76 Å². The normalized spacial score (nSPS) is 18.0. The van der Waals surface area contributed by atoms with Crippen LogP contribution in [-0.4, -0.2) is 45.9 Å². The standard InChI is InChI=1S/C28H35F3N2O5S/c1-27(2,3)19-7-9-20(10-8-19)33(17-21-11-12-23(38-21)26(37)32-14-13-25(35)36)24(34)16-18-5-4-6-22(15-18)39-28(29,30)31/h4-6,11-12,15,19-20H,7-10,13-14,16-17H2,1-3H3,(H,32,37)(H,35,36). The molecule has 39 heavy (non-hydrogen) atoms. The van der Waals surface area contributed by atoms with E-state index in [2.05, 4.69) is 26.1 Å². The number of aliphatic carboxylic acids is 1. The topological polar surface area (TPSA) is 99.8 Å². The maximum absolute atomic E-state index is 13.6. The van der Waals surface area contributed by atoms with Gasteiger partial charge in [0, 0.05) is 17.5 Å². The first-order chi connectivity index (χ1) is 18.2. The molecule has 3 rings (SSSR count). The Hall–Kier alpha value is -2.95. The molecule has 1 aromatic heterocycles. The summed E-state index contributed by atoms with van der Waals surface area (Å²) in [6.45, 7) is 6.69. The van der Waals surface area contributed by atoms with Crippen molar-refractivity contribution in [1.82, 2.24) is 10.2 Å². The number of alkyl halides is 3. The number of benzene rings is 1. The van der Waals surface area contributed by atoms with Crippen LogP contribution in [0.2, 0.25) is 0 Å². The first-order valence-electron chi connectivity index (χ1n) is 12.9. The molecule has 1 fully saturated rings. The van der Waals surface area contributed by atoms with Gasteiger partial charge in [0.15, 0.2) is 5.76 Å². The lowest BCUT2D eigenvalue weighted by Gasteiger charge is -2.41. The molecule has 0 aliphatic heterocycles. The van der Waals surface area contributed by atoms with Gasteiger partial charge < -0.3 is 19.7 Å². The SMILES string of the molecule is CC(C)(C)C1CCC(N(Cc2ccc(C(=O)NCCC(=O)O)o2)C(=O)Cc2cccc(SC(F)(F)F)c2)CC1. The number of furan rings is 1. The molecular formula is C28H35F3N2O5S. The first kappa shape index (κ1) is 30.6. The summed E-state index contributed by atoms with van der Waals surface area (Å²) in [5, 5.41) is 11.2. The smallest absolute Gasteiger partial charge is 0.446 e. The maximum Gasteiger partial charge on any atom is 0.446 e. The van der Waals surface area contributed by atoms with Gasteiger partial charge in [-0.3, -0.25) is 14.4 Å². The number of nitrogens with zero attached hydrogens (tertiary/aromatic N) is 1. The number of rotatable bonds is 10. The van der Waals surface area contributed by atoms with Crippen LogP contribution in [0.15, 0.2) is 45.7 Å². The van der Waals surface area contributed by atoms with Crippen LogP contribution in [0, 0.1) is 11.3 Å². The predicted molar refractivity (Wildman–Crippen MR) is 141 cm³/mol. The highest BCUT2D eigenvalue weighted by molar-refractivity contribution is 8.00. The van der Waals surface area contributed by atoms with Gasteiger partial charge in [0.05, 0.1) is 19.4 Å². The molecule has 0 unspecified atom stereocenters. The second-order valence-corrected chi connectivity index (χ2v) is 12.1. The molecule has 1 saturated carbocycles. The van der Waals surface area contributed by atoms with Crippen molar-refractivity contribution >= 4 is 29.5 Å². The van der Waals surface area contributed by atoms with Crippen molar-refractivity contribution in [2.75, 3.05) is 6.54 Å². The lowest BCUT2D eigenvalue weighted by atomic mass is 9.71. The minimum Gasteiger partial charge on any atom is -0.481 e. The molecule has 0 bridgehead atoms. The molecule has 0 atom stereocenters. The van der Waals surface area contributed by atoms with Crippen molar-refractivity contribution in [2.24, 2.45) is 11.3 Å². The molecule has 1 aliphatic rings. The molecule has 0 spiro atoms. The highest BCUT2D eigenvalue weighted by Crippen LogP contribution is 2.40. The lowest BCUT2D eigenvalue weighted by Crippen LogP contribution is -2.43. The summed E-state index contributed by atoms with van der Waals surface area (Å²) in [5.74, 6) is -0.890. The molecule has 2 aromatic rings. The molecular weight excluding hydrogens is 533 g/mol. The van der Waals surface area contributed by atoms with E-state index in [9.17, 15) is 27.6 Å². The summed E-state index contributed by atoms with van der Waals surface area (Å²) in [5.41, 5.74) is -3.78. The van der Waals surface area contributed by atoms with E-state index in [1.54, 1.807) is 17.0 Å². The van der Waals surface area contributed by atoms with Crippen LogP contribution in [-0.2, 0) is 22.6 Å². The zero-order valence-corrected chi connectivity index (χ0v) is 23.2. The summed E-state index contributed by atoms with van der Waals surface area (Å²) < 4.78 is 44.2. The molecule has 7 nitrogen and oxygen atoms in total. The average Bonchev–Trinajstić information content (AvgIpc) is 3.30. The molecule has 2 amide bonds. The van der Waals surface area contributed by atoms with E-state index in [-0.39, 0.29) is 65.7 Å². The third-order valence-electron chi connectivity index (χ3n) is 7.01. The van der Waals surface area contributed by atoms with Gasteiger partial charge in [-0.2, -0.15) is 13.2 Å². The van der Waals surface area contributed by atoms with Crippen molar-refractivity contribution in [1.29, 1.82) is 0 Å². The fraction of sp³-hybridized carbons (Fsp3) is 0.536. The Bertz CT molecular complexity index is 1150. The maximum atomic E-state index is 13.6. The van der Waals surface area contributed by atoms with Gasteiger partial charge in [0.2, 0.25) is 5.91 Å². The minimum atomic E-state index is -4.42. The number of amides is 2. The number of hydrogen-bond donors (Lipinski definition) is 2. The van der Waals surface area contributed by atoms with Gasteiger partial charge in [-0.05, 0) is 78.6 Å². The highest BCUT2D eigenvalue weighted by Gasteiger charge is 2.34. The molecule has 0 radical (unpaired) electrons. The molecule has 1 aliphatic carbocycles. The largest absolute Gasteiger partial charge is 0.481 e. The summed E-state index contributed by atoms with van der Waals surface area (Å²) in [4.78, 5) is 38.3. The van der Waals surface area contributed by atoms with Gasteiger partial charge in [-0.15, -0.1) is 0 Å². The molecule has 1 aromatic carbocycles. The monoisotopic (exact) mass is 568 g/mol. The second-order valence-electron chi connectivity index (χ2n) is 10.9. The van der Waals surface area contributed by atoms with Crippen molar-refractivity contribution in [3.05, 3.63) is 53.5 Å². The fourth-order valence-corrected chi connectivity index (χ4v) is 5.55. The molecule has 2 N–H and O–H groups in total. The van der Waals surface area contributed by atoms with Crippen LogP contribution in [0.4, 0.5) is 13.2 Å². The zero-order chi connectivity index (χ0) is 28.8. The quantitative estimate of drug-likeness (QED) is 0.328. The Balaban J connectivity index is 1.75. The number of carbonyl (C=O) groups is 3. The van der Waals surface area contributed by atoms with Crippen LogP contribution in [0.3, 0.4) is 0 Å². The van der Waals surface area contributed by atoms with Crippen molar-refractivity contribution in [3.8, 4) is 0 Å². The van der Waals surface area contributed by atoms with Crippen LogP contribution < -0.4 is 5.32 Å². The third-order valence-corrected chi connectivity index (χ3v) is 7.73. The Kier molecular flexibility index (Phi) is 10.1. The minimum absolute atomic E-state index is 0.0103. The Morgan fingerprint density at radius 3 is 2.38 bits per heavy atom. The van der Waals surface area contributed by atoms with E-state index in [0.717, 1.165) is 25.7 Å². The van der Waals surface area contributed by atoms with Gasteiger partial charge in [-0.25, -0.2) is 0 Å². The summed E-state index contributed by atoms with van der Waals surface area (Å²) in [6, 6.07) is 8.91. The van der Waals surface area contributed by atoms with Gasteiger partial charge >= 0.3 is 11.5 Å². The number of halogens is 3. The molecule has 11 heteroatoms. The zero-order valence-electron chi connectivity index (χ0n) is 22.3. The van der Waals surface area contributed by atoms with Crippen LogP contribution >= 0.6 is 11.8 Å². The van der Waals surface area contributed by atoms with E-state index >= 15 is 0 Å². The lowest BCUT2D eigenvalue weighted by molar-refractivity contribution is -0.137. The van der Waals surface area contributed by atoms with Crippen molar-refractivity contribution < 1.29 is 37.1 Å². The third kappa shape index (κ3) is 9.63. The van der Waals surface area contributed by atoms with Gasteiger partial charge in [-0.1, -0.05) is 32.9 Å². The number of nitrogens with one attached hydrogen (secondary N) is 1. The number of thioether (sulfide) groups is 1. The van der Waals surface area contributed by atoms with Crippen LogP contribution in [0.1, 0.15) is 74.8 Å². The van der Waals surface area contributed by atoms with Crippen LogP contribution in [0.25, 0.3) is 0 Å². The Labute approximate surface area is 230 Å². The van der Waals surface area contributed by atoms with E-state index in [1.807, 2.05) is 0 Å². The van der Waals surface area contributed by atoms with Crippen molar-refractivity contribution in [3.63, 3.8) is 0 Å². The number of hydrogen-bond acceptors (Lipinski definition) is 5. The Morgan fingerprint density at radius 2 is 1.77 bits per heavy atom.